The number of hydrogen-bond donors (Lipinski definition) is 4. The molecule has 2 heterocycles. The molecule has 2 unspecified atom stereocenters. The van der Waals surface area contributed by atoms with E-state index in [-0.39, 0.29) is 32.1 Å². The predicted octanol–water partition coefficient (Wildman–Crippen LogP) is 13.9. The Morgan fingerprint density at radius 3 is 0.938 bits per heavy atom. The van der Waals surface area contributed by atoms with E-state index in [2.05, 4.69) is 23.6 Å². The Balaban J connectivity index is 2.86. The largest absolute Gasteiger partial charge is 0.481 e. The molecule has 2 saturated heterocycles. The maximum Gasteiger partial charge on any atom is 0.322 e. The Kier molecular flexibility index (Phi) is 22.9. The van der Waals surface area contributed by atoms with Crippen molar-refractivity contribution in [3.63, 3.8) is 0 Å². The highest BCUT2D eigenvalue weighted by Crippen LogP contribution is 2.69. The van der Waals surface area contributed by atoms with Gasteiger partial charge in [0.05, 0.1) is 5.41 Å². The number of nitrogens with zero attached hydrogens (tertiary/aromatic N) is 2. The molecule has 0 bridgehead atoms. The van der Waals surface area contributed by atoms with Gasteiger partial charge in [-0.15, -0.1) is 0 Å². The van der Waals surface area contributed by atoms with Crippen molar-refractivity contribution in [2.24, 2.45) is 28.1 Å². The normalized spacial score (nSPS) is 21.2. The fourth-order valence-electron chi connectivity index (χ4n) is 13.3. The second-order valence-corrected chi connectivity index (χ2v) is 23.4. The summed E-state index contributed by atoms with van der Waals surface area (Å²) in [4.78, 5) is 63.9. The number of aliphatic carboxylic acids is 4. The van der Waals surface area contributed by atoms with Crippen LogP contribution in [0.15, 0.2) is 0 Å². The summed E-state index contributed by atoms with van der Waals surface area (Å²) < 4.78 is 0. The molecule has 0 aromatic carbocycles. The molecule has 2 rings (SSSR count). The molecule has 64 heavy (non-hydrogen) atoms. The molecule has 0 aromatic heterocycles. The van der Waals surface area contributed by atoms with Crippen molar-refractivity contribution in [1.29, 1.82) is 0 Å². The Labute approximate surface area is 391 Å². The molecule has 0 aromatic rings. The molecule has 4 N–H and O–H groups in total. The maximum absolute atomic E-state index is 15.1. The monoisotopic (exact) mass is 905 g/mol. The van der Waals surface area contributed by atoms with E-state index in [0.29, 0.717) is 32.1 Å². The lowest BCUT2D eigenvalue weighted by atomic mass is 9.38. The van der Waals surface area contributed by atoms with E-state index < -0.39 is 74.1 Å². The SMILES string of the molecule is CCCCCCCCCCCCCCC(C(=O)O)(C1CC(C)(C)N(C)C(C)(C)C1)C(CCCCCCCCCCCCC)(C(=O)O)C(C(=O)O)(C(=O)O)C1CC(C)(C)N(C)C(C)(C)C1. The first-order valence-corrected chi connectivity index (χ1v) is 26.2. The van der Waals surface area contributed by atoms with Gasteiger partial charge in [-0.3, -0.25) is 29.0 Å². The van der Waals surface area contributed by atoms with Gasteiger partial charge in [0.1, 0.15) is 5.41 Å². The van der Waals surface area contributed by atoms with Crippen molar-refractivity contribution in [2.45, 2.75) is 278 Å². The minimum Gasteiger partial charge on any atom is -0.481 e. The van der Waals surface area contributed by atoms with Crippen LogP contribution in [0.3, 0.4) is 0 Å². The molecule has 10 heteroatoms. The zero-order chi connectivity index (χ0) is 48.6. The van der Waals surface area contributed by atoms with Crippen molar-refractivity contribution in [3.05, 3.63) is 0 Å². The number of piperidine rings is 2. The summed E-state index contributed by atoms with van der Waals surface area (Å²) in [5.74, 6) is -8.37. The van der Waals surface area contributed by atoms with Crippen LogP contribution in [0.25, 0.3) is 0 Å². The summed E-state index contributed by atoms with van der Waals surface area (Å²) in [6.07, 6.45) is 23.7. The molecule has 2 aliphatic heterocycles. The van der Waals surface area contributed by atoms with Crippen LogP contribution in [0.5, 0.6) is 0 Å². The zero-order valence-corrected chi connectivity index (χ0v) is 43.5. The summed E-state index contributed by atoms with van der Waals surface area (Å²) in [6, 6.07) is 0. The highest BCUT2D eigenvalue weighted by molar-refractivity contribution is 6.06. The average Bonchev–Trinajstić information content (AvgIpc) is 3.18. The lowest BCUT2D eigenvalue weighted by Crippen LogP contribution is -2.74. The predicted molar refractivity (Wildman–Crippen MR) is 262 cm³/mol. The summed E-state index contributed by atoms with van der Waals surface area (Å²) in [5.41, 5.74) is -10.4. The van der Waals surface area contributed by atoms with E-state index in [9.17, 15) is 30.0 Å². The van der Waals surface area contributed by atoms with Crippen LogP contribution in [-0.4, -0.2) is 90.4 Å². The van der Waals surface area contributed by atoms with Crippen LogP contribution in [0, 0.1) is 28.1 Å². The highest BCUT2D eigenvalue weighted by atomic mass is 16.4. The molecule has 0 radical (unpaired) electrons. The van der Waals surface area contributed by atoms with Crippen molar-refractivity contribution in [3.8, 4) is 0 Å². The summed E-state index contributed by atoms with van der Waals surface area (Å²) in [6.45, 7) is 20.5. The van der Waals surface area contributed by atoms with Gasteiger partial charge < -0.3 is 20.4 Å². The molecule has 0 aliphatic carbocycles. The van der Waals surface area contributed by atoms with E-state index in [4.69, 9.17) is 0 Å². The Morgan fingerprint density at radius 2 is 0.672 bits per heavy atom. The van der Waals surface area contributed by atoms with Gasteiger partial charge >= 0.3 is 23.9 Å². The van der Waals surface area contributed by atoms with E-state index in [0.717, 1.165) is 51.4 Å². The van der Waals surface area contributed by atoms with Crippen molar-refractivity contribution in [2.75, 3.05) is 14.1 Å². The molecule has 0 spiro atoms. The molecule has 374 valence electrons. The first kappa shape index (κ1) is 57.9. The molecule has 2 aliphatic rings. The second-order valence-electron chi connectivity index (χ2n) is 23.4. The highest BCUT2D eigenvalue weighted by Gasteiger charge is 2.81. The Morgan fingerprint density at radius 1 is 0.406 bits per heavy atom. The van der Waals surface area contributed by atoms with Crippen molar-refractivity contribution in [1.82, 2.24) is 9.80 Å². The fraction of sp³-hybridized carbons (Fsp3) is 0.926. The molecular formula is C54H100N2O8. The van der Waals surface area contributed by atoms with Gasteiger partial charge in [0.2, 0.25) is 0 Å². The number of carbonyl (C=O) groups is 4. The van der Waals surface area contributed by atoms with Crippen LogP contribution < -0.4 is 0 Å². The van der Waals surface area contributed by atoms with Crippen molar-refractivity contribution >= 4 is 23.9 Å². The van der Waals surface area contributed by atoms with Gasteiger partial charge in [-0.1, -0.05) is 162 Å². The molecule has 0 amide bonds. The third kappa shape index (κ3) is 13.3. The minimum absolute atomic E-state index is 0.0909. The van der Waals surface area contributed by atoms with E-state index in [1.807, 2.05) is 69.5 Å². The first-order chi connectivity index (χ1) is 29.8. The van der Waals surface area contributed by atoms with E-state index in [1.54, 1.807) is 0 Å². The van der Waals surface area contributed by atoms with Crippen LogP contribution in [0.2, 0.25) is 0 Å². The van der Waals surface area contributed by atoms with Crippen LogP contribution in [0.1, 0.15) is 255 Å². The minimum atomic E-state index is -2.94. The summed E-state index contributed by atoms with van der Waals surface area (Å²) >= 11 is 0. The van der Waals surface area contributed by atoms with E-state index >= 15 is 9.59 Å². The first-order valence-electron chi connectivity index (χ1n) is 26.2. The van der Waals surface area contributed by atoms with Gasteiger partial charge in [-0.25, -0.2) is 0 Å². The lowest BCUT2D eigenvalue weighted by Gasteiger charge is -2.64. The topological polar surface area (TPSA) is 156 Å². The van der Waals surface area contributed by atoms with Gasteiger partial charge in [0, 0.05) is 22.2 Å². The average molecular weight is 905 g/mol. The second kappa shape index (κ2) is 25.2. The molecule has 2 fully saturated rings. The van der Waals surface area contributed by atoms with Gasteiger partial charge in [-0.2, -0.15) is 0 Å². The summed E-state index contributed by atoms with van der Waals surface area (Å²) in [7, 11) is 3.97. The van der Waals surface area contributed by atoms with Gasteiger partial charge in [-0.05, 0) is 120 Å². The fourth-order valence-corrected chi connectivity index (χ4v) is 13.3. The third-order valence-electron chi connectivity index (χ3n) is 17.4. The molecule has 10 nitrogen and oxygen atoms in total. The zero-order valence-electron chi connectivity index (χ0n) is 43.5. The van der Waals surface area contributed by atoms with Crippen molar-refractivity contribution < 1.29 is 39.6 Å². The Bertz CT molecular complexity index is 1410. The maximum atomic E-state index is 15.1. The quantitative estimate of drug-likeness (QED) is 0.0369. The number of likely N-dealkylation sites (tertiary alicyclic amines) is 2. The third-order valence-corrected chi connectivity index (χ3v) is 17.4. The van der Waals surface area contributed by atoms with Crippen LogP contribution in [0.4, 0.5) is 0 Å². The molecule has 0 saturated carbocycles. The molecule has 2 atom stereocenters. The summed E-state index contributed by atoms with van der Waals surface area (Å²) in [5, 5.41) is 48.3. The standard InChI is InChI=1S/C54H100N2O8/c1-13-15-17-19-21-23-25-27-28-30-32-34-36-52(44(57)58,42-38-48(3,4)55(11)49(5,6)39-42)53(45(59)60,37-35-33-31-29-26-24-22-20-18-16-14-2)54(46(61)62,47(63)64)43-40-50(7,8)56(12)51(9,10)41-43/h42-43H,13-41H2,1-12H3,(H,57,58)(H,59,60)(H,61,62)(H,63,64). The van der Waals surface area contributed by atoms with Gasteiger partial charge in [0.15, 0.2) is 5.41 Å². The van der Waals surface area contributed by atoms with E-state index in [1.165, 1.54) is 70.6 Å². The number of carboxylic acid groups (broad SMARTS) is 4. The number of carboxylic acids is 4. The number of unbranched alkanes of at least 4 members (excludes halogenated alkanes) is 21. The number of rotatable bonds is 33. The smallest absolute Gasteiger partial charge is 0.322 e. The lowest BCUT2D eigenvalue weighted by molar-refractivity contribution is -0.234. The Hall–Kier alpha value is -2.20. The number of hydrogen-bond acceptors (Lipinski definition) is 6. The molecular weight excluding hydrogens is 805 g/mol. The van der Waals surface area contributed by atoms with Crippen LogP contribution >= 0.6 is 0 Å². The van der Waals surface area contributed by atoms with Gasteiger partial charge in [0.25, 0.3) is 0 Å². The van der Waals surface area contributed by atoms with Crippen LogP contribution in [-0.2, 0) is 19.2 Å².